The molecule has 3 N–H and O–H groups in total. The minimum Gasteiger partial charge on any atom is -0.444 e. The third-order valence-corrected chi connectivity index (χ3v) is 10.1. The third kappa shape index (κ3) is 15.2. The summed E-state index contributed by atoms with van der Waals surface area (Å²) in [4.78, 5) is 96.1. The van der Waals surface area contributed by atoms with Gasteiger partial charge in [-0.25, -0.2) is 9.59 Å². The number of ether oxygens (including phenoxy) is 2. The van der Waals surface area contributed by atoms with Gasteiger partial charge in [0, 0.05) is 18.4 Å². The minimum atomic E-state index is -1.12. The van der Waals surface area contributed by atoms with Gasteiger partial charge < -0.3 is 40.1 Å². The van der Waals surface area contributed by atoms with Crippen LogP contribution >= 0.6 is 0 Å². The van der Waals surface area contributed by atoms with E-state index in [1.54, 1.807) is 70.7 Å². The van der Waals surface area contributed by atoms with Crippen LogP contribution < -0.4 is 30.7 Å². The predicted molar refractivity (Wildman–Crippen MR) is 258 cm³/mol. The zero-order valence-electron chi connectivity index (χ0n) is 41.5. The van der Waals surface area contributed by atoms with Crippen LogP contribution in [0.5, 0.6) is 0 Å². The molecule has 0 aliphatic carbocycles. The number of carbonyl (C=O) groups excluding carboxylic acids is 7. The van der Waals surface area contributed by atoms with E-state index in [1.807, 2.05) is 98.7 Å². The Balaban J connectivity index is 0.000000302. The molecule has 0 saturated heterocycles. The van der Waals surface area contributed by atoms with Crippen LogP contribution in [0.3, 0.4) is 0 Å². The summed E-state index contributed by atoms with van der Waals surface area (Å²) in [5.41, 5.74) is 3.32. The van der Waals surface area contributed by atoms with Crippen molar-refractivity contribution in [3.8, 4) is 0 Å². The van der Waals surface area contributed by atoms with E-state index in [4.69, 9.17) is 9.47 Å². The highest BCUT2D eigenvalue weighted by Gasteiger charge is 2.40. The van der Waals surface area contributed by atoms with Gasteiger partial charge >= 0.3 is 12.2 Å². The number of carbonyl (C=O) groups is 7. The monoisotopic (exact) mass is 911 g/mol. The van der Waals surface area contributed by atoms with Gasteiger partial charge in [0.1, 0.15) is 23.3 Å². The van der Waals surface area contributed by atoms with Crippen LogP contribution in [-0.2, 0) is 28.7 Å². The summed E-state index contributed by atoms with van der Waals surface area (Å²) >= 11 is 0. The van der Waals surface area contributed by atoms with Gasteiger partial charge in [-0.05, 0) is 114 Å². The van der Waals surface area contributed by atoms with Gasteiger partial charge in [-0.1, -0.05) is 77.9 Å². The number of nitrogens with zero attached hydrogens (tertiary/aromatic N) is 3. The topological polar surface area (TPSA) is 184 Å². The molecular weight excluding hydrogens is 841 g/mol. The molecule has 15 heteroatoms. The number of Topliss-reactive ketones (excluding diaryl/α,β-unsaturated/α-hetero) is 1. The van der Waals surface area contributed by atoms with E-state index in [9.17, 15) is 33.6 Å². The molecule has 0 fully saturated rings. The van der Waals surface area contributed by atoms with Crippen molar-refractivity contribution in [2.45, 2.75) is 140 Å². The average molecular weight is 911 g/mol. The first kappa shape index (κ1) is 52.4. The van der Waals surface area contributed by atoms with Crippen molar-refractivity contribution >= 4 is 64.3 Å². The van der Waals surface area contributed by atoms with E-state index in [2.05, 4.69) is 16.0 Å². The fraction of sp³-hybridized carbons (Fsp3) is 0.510. The summed E-state index contributed by atoms with van der Waals surface area (Å²) in [7, 11) is 0. The van der Waals surface area contributed by atoms with Gasteiger partial charge in [-0.3, -0.25) is 24.0 Å². The molecule has 0 aromatic heterocycles. The molecule has 15 nitrogen and oxygen atoms in total. The highest BCUT2D eigenvalue weighted by atomic mass is 16.6. The van der Waals surface area contributed by atoms with Gasteiger partial charge in [-0.2, -0.15) is 0 Å². The number of rotatable bonds is 7. The number of amides is 6. The summed E-state index contributed by atoms with van der Waals surface area (Å²) in [5.74, 6) is -1.41. The first-order valence-corrected chi connectivity index (χ1v) is 22.3. The molecule has 0 bridgehead atoms. The molecule has 5 rings (SSSR count). The number of ketones is 1. The van der Waals surface area contributed by atoms with Crippen molar-refractivity contribution < 1.29 is 43.0 Å². The van der Waals surface area contributed by atoms with Crippen molar-refractivity contribution in [3.05, 3.63) is 82.9 Å². The maximum absolute atomic E-state index is 14.0. The van der Waals surface area contributed by atoms with Gasteiger partial charge in [0.05, 0.1) is 42.4 Å². The number of fused-ring (bicyclic) bond motifs is 2. The zero-order chi connectivity index (χ0) is 49.7. The lowest BCUT2D eigenvalue weighted by atomic mass is 9.91. The Hall–Kier alpha value is -6.25. The second-order valence-electron chi connectivity index (χ2n) is 21.5. The van der Waals surface area contributed by atoms with Crippen molar-refractivity contribution in [3.63, 3.8) is 0 Å². The van der Waals surface area contributed by atoms with Crippen molar-refractivity contribution in [1.29, 1.82) is 0 Å². The molecule has 2 atom stereocenters. The van der Waals surface area contributed by atoms with E-state index >= 15 is 0 Å². The summed E-state index contributed by atoms with van der Waals surface area (Å²) < 4.78 is 10.7. The highest BCUT2D eigenvalue weighted by Crippen LogP contribution is 2.37. The molecule has 6 amide bonds. The first-order chi connectivity index (χ1) is 30.3. The maximum Gasteiger partial charge on any atom is 0.408 e. The number of benzene rings is 3. The largest absolute Gasteiger partial charge is 0.444 e. The van der Waals surface area contributed by atoms with Crippen molar-refractivity contribution in [2.24, 2.45) is 10.8 Å². The maximum atomic E-state index is 14.0. The minimum absolute atomic E-state index is 0.0377. The summed E-state index contributed by atoms with van der Waals surface area (Å²) in [6.45, 7) is 27.6. The van der Waals surface area contributed by atoms with Crippen LogP contribution in [0.15, 0.2) is 60.7 Å². The Morgan fingerprint density at radius 2 is 1.09 bits per heavy atom. The Bertz CT molecular complexity index is 2330. The van der Waals surface area contributed by atoms with E-state index in [0.717, 1.165) is 16.7 Å². The van der Waals surface area contributed by atoms with Gasteiger partial charge in [-0.15, -0.1) is 0 Å². The van der Waals surface area contributed by atoms with Gasteiger partial charge in [0.2, 0.25) is 17.7 Å². The molecule has 0 spiro atoms. The summed E-state index contributed by atoms with van der Waals surface area (Å²) in [5, 5.41) is 8.08. The molecule has 2 aliphatic rings. The van der Waals surface area contributed by atoms with Crippen LogP contribution in [-0.4, -0.2) is 84.5 Å². The van der Waals surface area contributed by atoms with E-state index in [1.165, 1.54) is 9.80 Å². The number of alkyl carbamates (subject to hydrolysis) is 2. The fourth-order valence-electron chi connectivity index (χ4n) is 7.28. The fourth-order valence-corrected chi connectivity index (χ4v) is 7.28. The Kier molecular flexibility index (Phi) is 16.3. The number of anilines is 4. The zero-order valence-corrected chi connectivity index (χ0v) is 41.5. The average Bonchev–Trinajstić information content (AvgIpc) is 3.34. The lowest BCUT2D eigenvalue weighted by molar-refractivity contribution is -0.122. The van der Waals surface area contributed by atoms with Crippen LogP contribution in [0.4, 0.5) is 32.3 Å². The molecule has 0 saturated carbocycles. The number of aryl methyl sites for hydroxylation is 3. The van der Waals surface area contributed by atoms with E-state index in [-0.39, 0.29) is 60.4 Å². The molecule has 0 radical (unpaired) electrons. The lowest BCUT2D eigenvalue weighted by Gasteiger charge is -2.28. The molecule has 2 heterocycles. The van der Waals surface area contributed by atoms with Crippen molar-refractivity contribution in [1.82, 2.24) is 10.6 Å². The molecule has 3 aromatic rings. The van der Waals surface area contributed by atoms with Crippen LogP contribution in [0, 0.1) is 31.6 Å². The second kappa shape index (κ2) is 20.5. The van der Waals surface area contributed by atoms with Crippen LogP contribution in [0.25, 0.3) is 0 Å². The Labute approximate surface area is 390 Å². The standard InChI is InChI=1S/C30H39N3O5.C21H31N3O4/c1-19-13-14-23-24(15-19)33(18-25(34)21-12-10-9-11-20(21)2)27(36)22(31-28(37)38-30(6,7)8)17-32(23)26(35)16-29(3,4)5;1-13-8-9-16-14(10-13)22-18(26)15(23-19(27)28-21(5,6)7)12-24(16)17(25)11-20(2,3)4/h9-15,22H,16-18H2,1-8H3,(H,31,37);8-10,15H,11-12H2,1-7H3,(H,22,26)(H,23,27). The molecule has 2 unspecified atom stereocenters. The highest BCUT2D eigenvalue weighted by molar-refractivity contribution is 6.12. The Morgan fingerprint density at radius 1 is 0.621 bits per heavy atom. The summed E-state index contributed by atoms with van der Waals surface area (Å²) in [6.07, 6.45) is -0.923. The van der Waals surface area contributed by atoms with Crippen molar-refractivity contribution in [2.75, 3.05) is 39.7 Å². The number of hydrogen-bond donors (Lipinski definition) is 3. The van der Waals surface area contributed by atoms with E-state index < -0.39 is 41.4 Å². The number of nitrogens with one attached hydrogen (secondary N) is 3. The molecule has 3 aromatic carbocycles. The predicted octanol–water partition coefficient (Wildman–Crippen LogP) is 8.81. The molecule has 358 valence electrons. The summed E-state index contributed by atoms with van der Waals surface area (Å²) in [6, 6.07) is 16.1. The lowest BCUT2D eigenvalue weighted by Crippen LogP contribution is -2.54. The smallest absolute Gasteiger partial charge is 0.408 e. The van der Waals surface area contributed by atoms with Crippen LogP contribution in [0.2, 0.25) is 0 Å². The molecular formula is C51H70N6O9. The van der Waals surface area contributed by atoms with Crippen LogP contribution in [0.1, 0.15) is 123 Å². The SMILES string of the molecule is Cc1ccc2c(c1)N(CC(=O)c1ccccc1C)C(=O)C(NC(=O)OC(C)(C)C)CN2C(=O)CC(C)(C)C.Cc1ccc2c(c1)NC(=O)C(NC(=O)OC(C)(C)C)CN2C(=O)CC(C)(C)C. The quantitative estimate of drug-likeness (QED) is 0.195. The van der Waals surface area contributed by atoms with Gasteiger partial charge in [0.25, 0.3) is 5.91 Å². The third-order valence-electron chi connectivity index (χ3n) is 10.1. The Morgan fingerprint density at radius 3 is 1.61 bits per heavy atom. The molecule has 66 heavy (non-hydrogen) atoms. The first-order valence-electron chi connectivity index (χ1n) is 22.3. The number of hydrogen-bond acceptors (Lipinski definition) is 9. The molecule has 2 aliphatic heterocycles. The normalized spacial score (nSPS) is 16.6. The second-order valence-corrected chi connectivity index (χ2v) is 21.5. The van der Waals surface area contributed by atoms with E-state index in [0.29, 0.717) is 34.7 Å². The van der Waals surface area contributed by atoms with Gasteiger partial charge in [0.15, 0.2) is 5.78 Å².